The van der Waals surface area contributed by atoms with Gasteiger partial charge in [0, 0.05) is 19.1 Å². The molecule has 0 bridgehead atoms. The van der Waals surface area contributed by atoms with Gasteiger partial charge in [-0.2, -0.15) is 0 Å². The summed E-state index contributed by atoms with van der Waals surface area (Å²) in [4.78, 5) is 26.6. The van der Waals surface area contributed by atoms with Crippen LogP contribution in [0, 0.1) is 5.92 Å². The number of para-hydroxylation sites is 1. The monoisotopic (exact) mass is 343 g/mol. The molecule has 2 N–H and O–H groups in total. The van der Waals surface area contributed by atoms with Gasteiger partial charge >= 0.3 is 0 Å². The SMILES string of the molecule is CC1Oc2c(cccc2C(=O)N2CCC(NCC3CC3)CC2)NC1=O. The van der Waals surface area contributed by atoms with Crippen molar-refractivity contribution in [2.75, 3.05) is 25.0 Å². The van der Waals surface area contributed by atoms with Crippen molar-refractivity contribution in [1.29, 1.82) is 0 Å². The predicted molar refractivity (Wildman–Crippen MR) is 94.8 cm³/mol. The van der Waals surface area contributed by atoms with Gasteiger partial charge in [0.2, 0.25) is 0 Å². The van der Waals surface area contributed by atoms with Crippen LogP contribution in [0.3, 0.4) is 0 Å². The Morgan fingerprint density at radius 3 is 2.76 bits per heavy atom. The van der Waals surface area contributed by atoms with Crippen molar-refractivity contribution in [1.82, 2.24) is 10.2 Å². The lowest BCUT2D eigenvalue weighted by molar-refractivity contribution is -0.122. The van der Waals surface area contributed by atoms with Gasteiger partial charge in [0.15, 0.2) is 11.9 Å². The molecule has 2 amide bonds. The van der Waals surface area contributed by atoms with E-state index in [0.717, 1.165) is 38.4 Å². The molecule has 6 nitrogen and oxygen atoms in total. The average Bonchev–Trinajstić information content (AvgIpc) is 3.45. The first-order valence-electron chi connectivity index (χ1n) is 9.25. The van der Waals surface area contributed by atoms with Gasteiger partial charge in [0.25, 0.3) is 11.8 Å². The van der Waals surface area contributed by atoms with Gasteiger partial charge in [-0.05, 0) is 57.2 Å². The Hall–Kier alpha value is -2.08. The van der Waals surface area contributed by atoms with E-state index in [9.17, 15) is 9.59 Å². The minimum absolute atomic E-state index is 0.0131. The molecule has 2 fully saturated rings. The highest BCUT2D eigenvalue weighted by molar-refractivity contribution is 6.04. The number of hydrogen-bond donors (Lipinski definition) is 2. The Morgan fingerprint density at radius 2 is 2.04 bits per heavy atom. The van der Waals surface area contributed by atoms with Gasteiger partial charge in [0.05, 0.1) is 11.3 Å². The molecule has 1 aliphatic carbocycles. The lowest BCUT2D eigenvalue weighted by atomic mass is 10.0. The molecule has 6 heteroatoms. The summed E-state index contributed by atoms with van der Waals surface area (Å²) in [6.45, 7) is 4.33. The van der Waals surface area contributed by atoms with Crippen LogP contribution in [0.15, 0.2) is 18.2 Å². The molecular weight excluding hydrogens is 318 g/mol. The van der Waals surface area contributed by atoms with Crippen LogP contribution in [0.1, 0.15) is 43.0 Å². The number of carbonyl (C=O) groups is 2. The van der Waals surface area contributed by atoms with Crippen molar-refractivity contribution in [3.05, 3.63) is 23.8 Å². The molecule has 1 atom stereocenters. The van der Waals surface area contributed by atoms with Crippen molar-refractivity contribution in [2.45, 2.75) is 44.8 Å². The number of nitrogens with one attached hydrogen (secondary N) is 2. The molecule has 134 valence electrons. The van der Waals surface area contributed by atoms with Crippen molar-refractivity contribution in [3.63, 3.8) is 0 Å². The first kappa shape index (κ1) is 16.4. The second-order valence-electron chi connectivity index (χ2n) is 7.35. The van der Waals surface area contributed by atoms with Crippen LogP contribution in [-0.2, 0) is 4.79 Å². The van der Waals surface area contributed by atoms with E-state index in [2.05, 4.69) is 10.6 Å². The largest absolute Gasteiger partial charge is 0.478 e. The molecular formula is C19H25N3O3. The molecule has 1 unspecified atom stereocenters. The number of carbonyl (C=O) groups excluding carboxylic acids is 2. The molecule has 25 heavy (non-hydrogen) atoms. The molecule has 1 saturated carbocycles. The highest BCUT2D eigenvalue weighted by atomic mass is 16.5. The number of piperidine rings is 1. The lowest BCUT2D eigenvalue weighted by Crippen LogP contribution is -2.45. The van der Waals surface area contributed by atoms with Crippen LogP contribution in [0.25, 0.3) is 0 Å². The highest BCUT2D eigenvalue weighted by Gasteiger charge is 2.31. The third kappa shape index (κ3) is 3.49. The Kier molecular flexibility index (Phi) is 4.37. The second kappa shape index (κ2) is 6.67. The number of nitrogens with zero attached hydrogens (tertiary/aromatic N) is 1. The lowest BCUT2D eigenvalue weighted by Gasteiger charge is -2.33. The molecule has 2 aliphatic heterocycles. The summed E-state index contributed by atoms with van der Waals surface area (Å²) in [5, 5.41) is 6.44. The zero-order valence-electron chi connectivity index (χ0n) is 14.6. The van der Waals surface area contributed by atoms with E-state index in [0.29, 0.717) is 23.0 Å². The summed E-state index contributed by atoms with van der Waals surface area (Å²) in [6.07, 6.45) is 4.11. The standard InChI is InChI=1S/C19H25N3O3/c1-12-18(23)21-16-4-2-3-15(17(16)25-12)19(24)22-9-7-14(8-10-22)20-11-13-5-6-13/h2-4,12-14,20H,5-11H2,1H3,(H,21,23). The molecule has 1 aromatic rings. The fourth-order valence-corrected chi connectivity index (χ4v) is 3.51. The van der Waals surface area contributed by atoms with Crippen LogP contribution >= 0.6 is 0 Å². The molecule has 0 radical (unpaired) electrons. The number of anilines is 1. The van der Waals surface area contributed by atoms with Crippen LogP contribution in [-0.4, -0.2) is 48.5 Å². The number of amides is 2. The van der Waals surface area contributed by atoms with Gasteiger partial charge in [-0.3, -0.25) is 9.59 Å². The normalized spacial score (nSPS) is 23.6. The average molecular weight is 343 g/mol. The molecule has 1 aromatic carbocycles. The van der Waals surface area contributed by atoms with E-state index >= 15 is 0 Å². The Labute approximate surface area is 147 Å². The molecule has 3 aliphatic rings. The fourth-order valence-electron chi connectivity index (χ4n) is 3.51. The van der Waals surface area contributed by atoms with Crippen LogP contribution in [0.4, 0.5) is 5.69 Å². The first-order valence-corrected chi connectivity index (χ1v) is 9.25. The van der Waals surface area contributed by atoms with Crippen LogP contribution in [0.2, 0.25) is 0 Å². The number of likely N-dealkylation sites (tertiary alicyclic amines) is 1. The topological polar surface area (TPSA) is 70.7 Å². The Balaban J connectivity index is 1.41. The highest BCUT2D eigenvalue weighted by Crippen LogP contribution is 2.34. The van der Waals surface area contributed by atoms with E-state index in [1.807, 2.05) is 4.90 Å². The number of benzene rings is 1. The number of rotatable bonds is 4. The van der Waals surface area contributed by atoms with E-state index in [-0.39, 0.29) is 11.8 Å². The number of hydrogen-bond acceptors (Lipinski definition) is 4. The number of fused-ring (bicyclic) bond motifs is 1. The summed E-state index contributed by atoms with van der Waals surface area (Å²) < 4.78 is 5.71. The van der Waals surface area contributed by atoms with Crippen molar-refractivity contribution < 1.29 is 14.3 Å². The predicted octanol–water partition coefficient (Wildman–Crippen LogP) is 2.01. The molecule has 0 spiro atoms. The molecule has 4 rings (SSSR count). The maximum absolute atomic E-state index is 13.0. The minimum atomic E-state index is -0.584. The molecule has 1 saturated heterocycles. The second-order valence-corrected chi connectivity index (χ2v) is 7.35. The van der Waals surface area contributed by atoms with Crippen molar-refractivity contribution in [2.24, 2.45) is 5.92 Å². The van der Waals surface area contributed by atoms with Crippen LogP contribution in [0.5, 0.6) is 5.75 Å². The van der Waals surface area contributed by atoms with Gasteiger partial charge in [-0.25, -0.2) is 0 Å². The molecule has 2 heterocycles. The van der Waals surface area contributed by atoms with Crippen molar-refractivity contribution in [3.8, 4) is 5.75 Å². The summed E-state index contributed by atoms with van der Waals surface area (Å²) in [7, 11) is 0. The summed E-state index contributed by atoms with van der Waals surface area (Å²) in [5.74, 6) is 1.18. The quantitative estimate of drug-likeness (QED) is 0.877. The molecule has 0 aromatic heterocycles. The maximum Gasteiger partial charge on any atom is 0.265 e. The summed E-state index contributed by atoms with van der Waals surface area (Å²) >= 11 is 0. The Morgan fingerprint density at radius 1 is 1.28 bits per heavy atom. The van der Waals surface area contributed by atoms with E-state index in [1.54, 1.807) is 25.1 Å². The first-order chi connectivity index (χ1) is 12.1. The third-order valence-corrected chi connectivity index (χ3v) is 5.34. The van der Waals surface area contributed by atoms with Crippen LogP contribution < -0.4 is 15.4 Å². The zero-order valence-corrected chi connectivity index (χ0v) is 14.6. The van der Waals surface area contributed by atoms with Gasteiger partial charge in [-0.1, -0.05) is 6.07 Å². The Bertz CT molecular complexity index is 678. The maximum atomic E-state index is 13.0. The summed E-state index contributed by atoms with van der Waals surface area (Å²) in [6, 6.07) is 5.85. The fraction of sp³-hybridized carbons (Fsp3) is 0.579. The van der Waals surface area contributed by atoms with Gasteiger partial charge in [0.1, 0.15) is 0 Å². The van der Waals surface area contributed by atoms with E-state index < -0.39 is 6.10 Å². The van der Waals surface area contributed by atoms with Gasteiger partial charge in [-0.15, -0.1) is 0 Å². The third-order valence-electron chi connectivity index (χ3n) is 5.34. The van der Waals surface area contributed by atoms with E-state index in [1.165, 1.54) is 12.8 Å². The minimum Gasteiger partial charge on any atom is -0.478 e. The van der Waals surface area contributed by atoms with Gasteiger partial charge < -0.3 is 20.3 Å². The van der Waals surface area contributed by atoms with E-state index in [4.69, 9.17) is 4.74 Å². The zero-order chi connectivity index (χ0) is 17.4. The summed E-state index contributed by atoms with van der Waals surface area (Å²) in [5.41, 5.74) is 1.11. The van der Waals surface area contributed by atoms with Crippen molar-refractivity contribution >= 4 is 17.5 Å². The smallest absolute Gasteiger partial charge is 0.265 e. The number of ether oxygens (including phenoxy) is 1.